The second-order valence-electron chi connectivity index (χ2n) is 2.75. The van der Waals surface area contributed by atoms with Gasteiger partial charge in [0.25, 0.3) is 0 Å². The minimum absolute atomic E-state index is 0.00250. The van der Waals surface area contributed by atoms with Gasteiger partial charge in [0, 0.05) is 18.2 Å². The highest BCUT2D eigenvalue weighted by molar-refractivity contribution is 5.78. The number of carbonyl (C=O) groups excluding carboxylic acids is 1. The number of rotatable bonds is 2. The fourth-order valence-electron chi connectivity index (χ4n) is 1.22. The van der Waals surface area contributed by atoms with Crippen LogP contribution in [0.1, 0.15) is 50.8 Å². The van der Waals surface area contributed by atoms with E-state index in [1.54, 1.807) is 0 Å². The Balaban J connectivity index is 2.81. The van der Waals surface area contributed by atoms with E-state index in [1.807, 2.05) is 6.92 Å². The van der Waals surface area contributed by atoms with Crippen LogP contribution in [0.5, 0.6) is 0 Å². The summed E-state index contributed by atoms with van der Waals surface area (Å²) in [4.78, 5) is 11.4. The molecule has 0 aromatic carbocycles. The summed E-state index contributed by atoms with van der Waals surface area (Å²) in [7, 11) is 0. The maximum absolute atomic E-state index is 11.4. The predicted octanol–water partition coefficient (Wildman–Crippen LogP) is 2.55. The Bertz CT molecular complexity index is 217. The van der Waals surface area contributed by atoms with Crippen LogP contribution >= 0.6 is 0 Å². The number of ketones is 1. The molecule has 0 atom stereocenters. The number of carbonyl (C=O) groups is 1. The number of hydrogen-bond donors (Lipinski definition) is 0. The van der Waals surface area contributed by atoms with E-state index >= 15 is 0 Å². The first kappa shape index (κ1) is 3.89. The molecule has 58 valence electrons. The van der Waals surface area contributed by atoms with Gasteiger partial charge in [-0.15, -0.1) is 0 Å². The zero-order valence-corrected chi connectivity index (χ0v) is 6.31. The van der Waals surface area contributed by atoms with Crippen molar-refractivity contribution in [1.29, 1.82) is 0 Å². The van der Waals surface area contributed by atoms with Crippen LogP contribution in [0.15, 0.2) is 0 Å². The number of hydrogen-bond acceptors (Lipinski definition) is 1. The molecule has 1 aliphatic rings. The van der Waals surface area contributed by atoms with Gasteiger partial charge in [0.15, 0.2) is 0 Å². The molecule has 0 spiro atoms. The van der Waals surface area contributed by atoms with Gasteiger partial charge in [0.2, 0.25) is 0 Å². The van der Waals surface area contributed by atoms with E-state index in [2.05, 4.69) is 0 Å². The van der Waals surface area contributed by atoms with Crippen LogP contribution in [0.25, 0.3) is 0 Å². The zero-order chi connectivity index (χ0) is 11.0. The second-order valence-corrected chi connectivity index (χ2v) is 2.75. The highest BCUT2D eigenvalue weighted by Crippen LogP contribution is 2.24. The minimum Gasteiger partial charge on any atom is -0.300 e. The molecule has 1 saturated carbocycles. The van der Waals surface area contributed by atoms with E-state index in [1.165, 1.54) is 0 Å². The molecule has 10 heavy (non-hydrogen) atoms. The minimum atomic E-state index is -1.97. The monoisotopic (exact) mass is 144 g/mol. The summed E-state index contributed by atoms with van der Waals surface area (Å²) in [5.41, 5.74) is 0. The van der Waals surface area contributed by atoms with E-state index in [9.17, 15) is 4.79 Å². The largest absolute Gasteiger partial charge is 0.300 e. The molecule has 0 bridgehead atoms. The summed E-state index contributed by atoms with van der Waals surface area (Å²) in [5, 5.41) is 0. The Morgan fingerprint density at radius 1 is 1.60 bits per heavy atom. The lowest BCUT2D eigenvalue weighted by atomic mass is 9.86. The standard InChI is InChI=1S/C9H16O/c1-2-3-8-4-6-9(10)7-5-8/h8H,2-7H2,1H3/i6D2,7D2. The van der Waals surface area contributed by atoms with Crippen LogP contribution < -0.4 is 0 Å². The fourth-order valence-corrected chi connectivity index (χ4v) is 1.22. The molecule has 1 rings (SSSR count). The number of Topliss-reactive ketones (excluding diaryl/α,β-unsaturated/α-hetero) is 1. The van der Waals surface area contributed by atoms with Crippen molar-refractivity contribution in [1.82, 2.24) is 0 Å². The van der Waals surface area contributed by atoms with Gasteiger partial charge < -0.3 is 0 Å². The van der Waals surface area contributed by atoms with Gasteiger partial charge in [-0.1, -0.05) is 19.8 Å². The van der Waals surface area contributed by atoms with Gasteiger partial charge in [0.05, 0.1) is 0 Å². The molecule has 0 aromatic rings. The first-order valence-corrected chi connectivity index (χ1v) is 3.84. The molecule has 0 aromatic heterocycles. The lowest BCUT2D eigenvalue weighted by Crippen LogP contribution is -2.13. The van der Waals surface area contributed by atoms with Crippen molar-refractivity contribution >= 4 is 5.78 Å². The summed E-state index contributed by atoms with van der Waals surface area (Å²) in [6, 6.07) is 0. The molecule has 0 unspecified atom stereocenters. The molecule has 1 aliphatic carbocycles. The Hall–Kier alpha value is -0.330. The summed E-state index contributed by atoms with van der Waals surface area (Å²) < 4.78 is 29.9. The first-order chi connectivity index (χ1) is 6.29. The Morgan fingerprint density at radius 2 is 2.20 bits per heavy atom. The average molecular weight is 144 g/mol. The van der Waals surface area contributed by atoms with Crippen molar-refractivity contribution in [3.8, 4) is 0 Å². The van der Waals surface area contributed by atoms with Gasteiger partial charge >= 0.3 is 0 Å². The van der Waals surface area contributed by atoms with Gasteiger partial charge in [-0.3, -0.25) is 4.79 Å². The molecule has 0 heterocycles. The molecule has 1 nitrogen and oxygen atoms in total. The zero-order valence-electron chi connectivity index (χ0n) is 10.3. The average Bonchev–Trinajstić information content (AvgIpc) is 1.99. The van der Waals surface area contributed by atoms with E-state index in [0.29, 0.717) is 0 Å². The normalized spacial score (nSPS) is 37.5. The maximum Gasteiger partial charge on any atom is 0.132 e. The lowest BCUT2D eigenvalue weighted by Gasteiger charge is -2.19. The third-order valence-electron chi connectivity index (χ3n) is 1.80. The van der Waals surface area contributed by atoms with E-state index in [0.717, 1.165) is 12.8 Å². The van der Waals surface area contributed by atoms with Crippen LogP contribution in [-0.2, 0) is 4.79 Å². The quantitative estimate of drug-likeness (QED) is 0.582. The van der Waals surface area contributed by atoms with Crippen molar-refractivity contribution in [3.05, 3.63) is 0 Å². The van der Waals surface area contributed by atoms with Crippen molar-refractivity contribution in [2.24, 2.45) is 5.92 Å². The third-order valence-corrected chi connectivity index (χ3v) is 1.80. The van der Waals surface area contributed by atoms with Gasteiger partial charge in [-0.05, 0) is 18.8 Å². The van der Waals surface area contributed by atoms with Gasteiger partial charge in [-0.25, -0.2) is 0 Å². The van der Waals surface area contributed by atoms with Gasteiger partial charge in [-0.2, -0.15) is 0 Å². The Kier molecular flexibility index (Phi) is 1.46. The SMILES string of the molecule is [2H]C1([2H])CC(CCC)CC([2H])([2H])C1=O. The maximum atomic E-state index is 11.4. The van der Waals surface area contributed by atoms with E-state index < -0.39 is 18.5 Å². The van der Waals surface area contributed by atoms with Crippen LogP contribution in [0.3, 0.4) is 0 Å². The van der Waals surface area contributed by atoms with E-state index in [4.69, 9.17) is 5.48 Å². The molecule has 0 N–H and O–H groups in total. The molecule has 0 aliphatic heterocycles. The molecular weight excluding hydrogens is 124 g/mol. The molecule has 1 heteroatoms. The van der Waals surface area contributed by atoms with Gasteiger partial charge in [0.1, 0.15) is 5.78 Å². The van der Waals surface area contributed by atoms with Crippen LogP contribution in [0, 0.1) is 5.92 Å². The summed E-state index contributed by atoms with van der Waals surface area (Å²) in [6.45, 7) is 1.99. The molecule has 1 fully saturated rings. The van der Waals surface area contributed by atoms with E-state index in [-0.39, 0.29) is 18.8 Å². The van der Waals surface area contributed by atoms with Crippen molar-refractivity contribution < 1.29 is 10.3 Å². The molecule has 0 amide bonds. The second kappa shape index (κ2) is 3.75. The Morgan fingerprint density at radius 3 is 2.70 bits per heavy atom. The Labute approximate surface area is 68.4 Å². The highest BCUT2D eigenvalue weighted by atomic mass is 16.1. The predicted molar refractivity (Wildman–Crippen MR) is 41.9 cm³/mol. The summed E-state index contributed by atoms with van der Waals surface area (Å²) in [5.74, 6) is -0.875. The molecule has 0 radical (unpaired) electrons. The lowest BCUT2D eigenvalue weighted by molar-refractivity contribution is -0.121. The summed E-state index contributed by atoms with van der Waals surface area (Å²) in [6.07, 6.45) is -1.88. The van der Waals surface area contributed by atoms with Crippen molar-refractivity contribution in [3.63, 3.8) is 0 Å². The topological polar surface area (TPSA) is 17.1 Å². The van der Waals surface area contributed by atoms with Crippen LogP contribution in [-0.4, -0.2) is 5.78 Å². The van der Waals surface area contributed by atoms with Crippen LogP contribution in [0.4, 0.5) is 0 Å². The smallest absolute Gasteiger partial charge is 0.132 e. The first-order valence-electron chi connectivity index (χ1n) is 5.84. The summed E-state index contributed by atoms with van der Waals surface area (Å²) >= 11 is 0. The third kappa shape index (κ3) is 2.13. The fraction of sp³-hybridized carbons (Fsp3) is 0.889. The molecular formula is C9H16O. The molecule has 0 saturated heterocycles. The van der Waals surface area contributed by atoms with Crippen molar-refractivity contribution in [2.45, 2.75) is 45.4 Å². The van der Waals surface area contributed by atoms with Crippen LogP contribution in [0.2, 0.25) is 0 Å². The van der Waals surface area contributed by atoms with Crippen molar-refractivity contribution in [2.75, 3.05) is 0 Å². The highest BCUT2D eigenvalue weighted by Gasteiger charge is 2.16.